The number of rotatable bonds is 8. The first-order valence-electron chi connectivity index (χ1n) is 12.2. The number of methoxy groups -OCH3 is 2. The summed E-state index contributed by atoms with van der Waals surface area (Å²) in [5.74, 6) is 2.82. The van der Waals surface area contributed by atoms with E-state index >= 15 is 0 Å². The van der Waals surface area contributed by atoms with E-state index in [1.165, 1.54) is 20.3 Å². The van der Waals surface area contributed by atoms with Crippen LogP contribution < -0.4 is 28.7 Å². The predicted molar refractivity (Wildman–Crippen MR) is 126 cm³/mol. The third-order valence-electron chi connectivity index (χ3n) is 7.30. The van der Waals surface area contributed by atoms with Gasteiger partial charge in [0, 0.05) is 12.1 Å². The van der Waals surface area contributed by atoms with E-state index in [1.54, 1.807) is 14.2 Å². The van der Waals surface area contributed by atoms with Crippen LogP contribution in [0.1, 0.15) is 17.5 Å². The van der Waals surface area contributed by atoms with Gasteiger partial charge in [0.25, 0.3) is 5.91 Å². The maximum atomic E-state index is 13.1. The number of carbonyl (C=O) groups is 2. The van der Waals surface area contributed by atoms with Gasteiger partial charge in [-0.1, -0.05) is 6.07 Å². The third-order valence-corrected chi connectivity index (χ3v) is 7.30. The summed E-state index contributed by atoms with van der Waals surface area (Å²) < 4.78 is 21.5. The van der Waals surface area contributed by atoms with Gasteiger partial charge in [-0.25, -0.2) is 0 Å². The van der Waals surface area contributed by atoms with Crippen LogP contribution in [0.3, 0.4) is 0 Å². The number of amides is 2. The standard InChI is InChI=1S/C26H31N3O6/c1-32-21-5-3-18(13-23(21)33-2)7-8-29-25(30)15-20(26(29)31)28-11-9-27(10-12-28)16-19-4-6-22-24(14-19)35-17-34-22/h3-6,13-14,20H,7-12,15-17H2,1-2H3/p+2/t20-/m1/s1. The van der Waals surface area contributed by atoms with E-state index in [2.05, 4.69) is 12.1 Å². The van der Waals surface area contributed by atoms with Crippen LogP contribution >= 0.6 is 0 Å². The molecule has 2 aromatic carbocycles. The van der Waals surface area contributed by atoms with E-state index in [9.17, 15) is 9.59 Å². The van der Waals surface area contributed by atoms with Crippen molar-refractivity contribution >= 4 is 11.8 Å². The van der Waals surface area contributed by atoms with Crippen molar-refractivity contribution in [3.05, 3.63) is 47.5 Å². The summed E-state index contributed by atoms with van der Waals surface area (Å²) >= 11 is 0. The summed E-state index contributed by atoms with van der Waals surface area (Å²) in [7, 11) is 3.19. The maximum absolute atomic E-state index is 13.1. The fourth-order valence-electron chi connectivity index (χ4n) is 5.30. The number of hydrogen-bond acceptors (Lipinski definition) is 6. The molecule has 2 N–H and O–H groups in total. The molecule has 0 aliphatic carbocycles. The van der Waals surface area contributed by atoms with E-state index in [4.69, 9.17) is 18.9 Å². The molecule has 1 atom stereocenters. The molecule has 0 spiro atoms. The number of hydrogen-bond donors (Lipinski definition) is 2. The van der Waals surface area contributed by atoms with Gasteiger partial charge in [0.05, 0.1) is 20.6 Å². The molecule has 0 saturated carbocycles. The van der Waals surface area contributed by atoms with Crippen LogP contribution in [0, 0.1) is 0 Å². The Kier molecular flexibility index (Phi) is 6.79. The Labute approximate surface area is 205 Å². The van der Waals surface area contributed by atoms with E-state index in [0.29, 0.717) is 30.9 Å². The first kappa shape index (κ1) is 23.4. The molecule has 35 heavy (non-hydrogen) atoms. The molecule has 0 radical (unpaired) electrons. The minimum Gasteiger partial charge on any atom is -0.493 e. The van der Waals surface area contributed by atoms with Gasteiger partial charge in [0.2, 0.25) is 12.7 Å². The van der Waals surface area contributed by atoms with Crippen molar-refractivity contribution in [1.82, 2.24) is 4.90 Å². The van der Waals surface area contributed by atoms with Crippen LogP contribution in [-0.2, 0) is 22.6 Å². The van der Waals surface area contributed by atoms with E-state index in [1.807, 2.05) is 24.3 Å². The Bertz CT molecular complexity index is 1100. The lowest BCUT2D eigenvalue weighted by molar-refractivity contribution is -1.02. The van der Waals surface area contributed by atoms with E-state index in [-0.39, 0.29) is 24.6 Å². The van der Waals surface area contributed by atoms with Crippen LogP contribution in [0.25, 0.3) is 0 Å². The highest BCUT2D eigenvalue weighted by atomic mass is 16.7. The van der Waals surface area contributed by atoms with Crippen LogP contribution in [0.15, 0.2) is 36.4 Å². The van der Waals surface area contributed by atoms with Crippen LogP contribution in [0.5, 0.6) is 23.0 Å². The maximum Gasteiger partial charge on any atom is 0.288 e. The second-order valence-electron chi connectivity index (χ2n) is 9.35. The van der Waals surface area contributed by atoms with Gasteiger partial charge in [0.1, 0.15) is 32.7 Å². The number of likely N-dealkylation sites (tertiary alicyclic amines) is 1. The lowest BCUT2D eigenvalue weighted by Crippen LogP contribution is -3.29. The number of nitrogens with one attached hydrogen (secondary N) is 2. The van der Waals surface area contributed by atoms with Gasteiger partial charge in [-0.3, -0.25) is 14.5 Å². The Hall–Kier alpha value is -3.30. The topological polar surface area (TPSA) is 83.2 Å². The zero-order valence-corrected chi connectivity index (χ0v) is 20.3. The molecule has 3 heterocycles. The second kappa shape index (κ2) is 10.1. The van der Waals surface area contributed by atoms with Gasteiger partial charge in [-0.2, -0.15) is 0 Å². The SMILES string of the molecule is COc1ccc(CCN2C(=O)C[C@@H]([NH+]3CC[NH+](Cc4ccc5c(c4)OCO5)CC3)C2=O)cc1OC. The Morgan fingerprint density at radius 2 is 1.66 bits per heavy atom. The van der Waals surface area contributed by atoms with Crippen LogP contribution in [-0.4, -0.2) is 76.5 Å². The van der Waals surface area contributed by atoms with Gasteiger partial charge in [0.15, 0.2) is 29.0 Å². The molecule has 2 amide bonds. The fourth-order valence-corrected chi connectivity index (χ4v) is 5.30. The highest BCUT2D eigenvalue weighted by Crippen LogP contribution is 2.32. The highest BCUT2D eigenvalue weighted by molar-refractivity contribution is 6.04. The number of imide groups is 1. The van der Waals surface area contributed by atoms with Crippen molar-refractivity contribution in [1.29, 1.82) is 0 Å². The van der Waals surface area contributed by atoms with Crippen molar-refractivity contribution in [3.63, 3.8) is 0 Å². The summed E-state index contributed by atoms with van der Waals surface area (Å²) in [6, 6.07) is 11.5. The van der Waals surface area contributed by atoms with E-state index in [0.717, 1.165) is 49.8 Å². The zero-order valence-electron chi connectivity index (χ0n) is 20.3. The summed E-state index contributed by atoms with van der Waals surface area (Å²) in [4.78, 5) is 30.0. The zero-order chi connectivity index (χ0) is 24.4. The number of fused-ring (bicyclic) bond motifs is 1. The monoisotopic (exact) mass is 483 g/mol. The number of benzene rings is 2. The van der Waals surface area contributed by atoms with Crippen molar-refractivity contribution in [3.8, 4) is 23.0 Å². The molecular weight excluding hydrogens is 450 g/mol. The van der Waals surface area contributed by atoms with Crippen molar-refractivity contribution in [2.45, 2.75) is 25.4 Å². The Morgan fingerprint density at radius 1 is 0.914 bits per heavy atom. The lowest BCUT2D eigenvalue weighted by Gasteiger charge is -2.32. The summed E-state index contributed by atoms with van der Waals surface area (Å²) in [6.07, 6.45) is 0.894. The average molecular weight is 484 g/mol. The molecule has 0 bridgehead atoms. The summed E-state index contributed by atoms with van der Waals surface area (Å²) in [5, 5.41) is 0. The van der Waals surface area contributed by atoms with Gasteiger partial charge >= 0.3 is 0 Å². The quantitative estimate of drug-likeness (QED) is 0.473. The smallest absolute Gasteiger partial charge is 0.288 e. The second-order valence-corrected chi connectivity index (χ2v) is 9.35. The number of carbonyl (C=O) groups excluding carboxylic acids is 2. The minimum atomic E-state index is -0.264. The highest BCUT2D eigenvalue weighted by Gasteiger charge is 2.46. The molecular formula is C26H33N3O6+2. The van der Waals surface area contributed by atoms with Crippen molar-refractivity contribution < 1.29 is 38.3 Å². The molecule has 9 heteroatoms. The molecule has 186 valence electrons. The number of piperazine rings is 1. The fraction of sp³-hybridized carbons (Fsp3) is 0.462. The molecule has 0 aromatic heterocycles. The number of quaternary nitrogens is 2. The molecule has 0 unspecified atom stereocenters. The number of ether oxygens (including phenoxy) is 4. The van der Waals surface area contributed by atoms with Crippen molar-refractivity contribution in [2.75, 3.05) is 53.7 Å². The average Bonchev–Trinajstić information content (AvgIpc) is 3.46. The van der Waals surface area contributed by atoms with Gasteiger partial charge in [-0.05, 0) is 42.3 Å². The van der Waals surface area contributed by atoms with E-state index < -0.39 is 0 Å². The summed E-state index contributed by atoms with van der Waals surface area (Å²) in [5.41, 5.74) is 2.22. The van der Waals surface area contributed by atoms with Crippen LogP contribution in [0.2, 0.25) is 0 Å². The molecule has 9 nitrogen and oxygen atoms in total. The van der Waals surface area contributed by atoms with Crippen molar-refractivity contribution in [2.24, 2.45) is 0 Å². The third kappa shape index (κ3) is 4.92. The largest absolute Gasteiger partial charge is 0.493 e. The van der Waals surface area contributed by atoms with Crippen LogP contribution in [0.4, 0.5) is 0 Å². The molecule has 2 aromatic rings. The Morgan fingerprint density at radius 3 is 2.43 bits per heavy atom. The summed E-state index contributed by atoms with van der Waals surface area (Å²) in [6.45, 7) is 5.28. The predicted octanol–water partition coefficient (Wildman–Crippen LogP) is -0.914. The molecule has 5 rings (SSSR count). The first-order valence-corrected chi connectivity index (χ1v) is 12.2. The Balaban J connectivity index is 1.13. The molecule has 3 aliphatic heterocycles. The van der Waals surface area contributed by atoms with Gasteiger partial charge < -0.3 is 28.7 Å². The first-order chi connectivity index (χ1) is 17.1. The molecule has 2 saturated heterocycles. The minimum absolute atomic E-state index is 0.0373. The number of nitrogens with zero attached hydrogens (tertiary/aromatic N) is 1. The normalized spacial score (nSPS) is 23.6. The lowest BCUT2D eigenvalue weighted by atomic mass is 10.1. The molecule has 2 fully saturated rings. The van der Waals surface area contributed by atoms with Gasteiger partial charge in [-0.15, -0.1) is 0 Å². The molecule has 3 aliphatic rings.